The van der Waals surface area contributed by atoms with Gasteiger partial charge in [-0.2, -0.15) is 0 Å². The van der Waals surface area contributed by atoms with Gasteiger partial charge >= 0.3 is 0 Å². The molecule has 100 valence electrons. The van der Waals surface area contributed by atoms with Crippen LogP contribution in [-0.4, -0.2) is 49.9 Å². The van der Waals surface area contributed by atoms with Gasteiger partial charge in [0.15, 0.2) is 0 Å². The van der Waals surface area contributed by atoms with Crippen LogP contribution in [0.15, 0.2) is 24.3 Å². The second-order valence-corrected chi connectivity index (χ2v) is 4.71. The predicted octanol–water partition coefficient (Wildman–Crippen LogP) is 0.772. The van der Waals surface area contributed by atoms with Gasteiger partial charge in [0.2, 0.25) is 0 Å². The molecule has 1 atom stereocenters. The summed E-state index contributed by atoms with van der Waals surface area (Å²) in [5.74, 6) is 0. The number of rotatable bonds is 5. The van der Waals surface area contributed by atoms with Crippen molar-refractivity contribution in [2.24, 2.45) is 0 Å². The molecule has 4 heteroatoms. The van der Waals surface area contributed by atoms with Crippen LogP contribution >= 0.6 is 0 Å². The molecule has 1 saturated heterocycles. The number of hydrogen-bond donors (Lipinski definition) is 2. The maximum absolute atomic E-state index is 9.95. The lowest BCUT2D eigenvalue weighted by atomic mass is 10.1. The molecule has 1 aromatic rings. The highest BCUT2D eigenvalue weighted by atomic mass is 16.5. The Bertz CT molecular complexity index is 365. The zero-order valence-electron chi connectivity index (χ0n) is 10.9. The summed E-state index contributed by atoms with van der Waals surface area (Å²) in [6.07, 6.45) is -0.431. The average Bonchev–Trinajstić information content (AvgIpc) is 2.40. The third kappa shape index (κ3) is 3.78. The number of nitrogens with one attached hydrogen (secondary N) is 1. The standard InChI is InChI=1S/C14H22N2O2/c1-15-10-14(17)13-4-2-3-12(9-13)11-16-5-7-18-8-6-16/h2-4,9,14-15,17H,5-8,10-11H2,1H3. The van der Waals surface area contributed by atoms with Crippen LogP contribution in [0.5, 0.6) is 0 Å². The predicted molar refractivity (Wildman–Crippen MR) is 71.4 cm³/mol. The Morgan fingerprint density at radius 1 is 1.39 bits per heavy atom. The molecule has 1 aromatic carbocycles. The molecule has 0 spiro atoms. The fraction of sp³-hybridized carbons (Fsp3) is 0.571. The van der Waals surface area contributed by atoms with Crippen molar-refractivity contribution in [1.82, 2.24) is 10.2 Å². The molecule has 0 aliphatic carbocycles. The third-order valence-electron chi connectivity index (χ3n) is 3.24. The first-order chi connectivity index (χ1) is 8.79. The van der Waals surface area contributed by atoms with Crippen LogP contribution in [0.3, 0.4) is 0 Å². The summed E-state index contributed by atoms with van der Waals surface area (Å²) >= 11 is 0. The summed E-state index contributed by atoms with van der Waals surface area (Å²) in [6.45, 7) is 5.14. The van der Waals surface area contributed by atoms with Gasteiger partial charge in [-0.05, 0) is 18.2 Å². The minimum absolute atomic E-state index is 0.431. The lowest BCUT2D eigenvalue weighted by Crippen LogP contribution is -2.35. The van der Waals surface area contributed by atoms with Crippen molar-refractivity contribution in [3.63, 3.8) is 0 Å². The highest BCUT2D eigenvalue weighted by molar-refractivity contribution is 5.25. The summed E-state index contributed by atoms with van der Waals surface area (Å²) in [6, 6.07) is 8.21. The van der Waals surface area contributed by atoms with Gasteiger partial charge in [0.25, 0.3) is 0 Å². The van der Waals surface area contributed by atoms with Crippen molar-refractivity contribution < 1.29 is 9.84 Å². The number of aliphatic hydroxyl groups excluding tert-OH is 1. The van der Waals surface area contributed by atoms with Crippen LogP contribution in [0.1, 0.15) is 17.2 Å². The van der Waals surface area contributed by atoms with Gasteiger partial charge in [-0.3, -0.25) is 4.90 Å². The van der Waals surface area contributed by atoms with Crippen LogP contribution in [0, 0.1) is 0 Å². The Balaban J connectivity index is 1.97. The maximum atomic E-state index is 9.95. The van der Waals surface area contributed by atoms with E-state index in [1.807, 2.05) is 19.2 Å². The van der Waals surface area contributed by atoms with Gasteiger partial charge < -0.3 is 15.2 Å². The zero-order valence-corrected chi connectivity index (χ0v) is 10.9. The Morgan fingerprint density at radius 3 is 2.89 bits per heavy atom. The first kappa shape index (κ1) is 13.5. The Labute approximate surface area is 109 Å². The summed E-state index contributed by atoms with van der Waals surface area (Å²) in [5, 5.41) is 12.9. The molecule has 4 nitrogen and oxygen atoms in total. The first-order valence-corrected chi connectivity index (χ1v) is 6.51. The molecular formula is C14H22N2O2. The minimum Gasteiger partial charge on any atom is -0.387 e. The van der Waals surface area contributed by atoms with Gasteiger partial charge in [0.05, 0.1) is 19.3 Å². The fourth-order valence-electron chi connectivity index (χ4n) is 2.23. The molecule has 1 aliphatic heterocycles. The monoisotopic (exact) mass is 250 g/mol. The molecule has 1 fully saturated rings. The van der Waals surface area contributed by atoms with E-state index in [1.54, 1.807) is 0 Å². The molecule has 1 heterocycles. The van der Waals surface area contributed by atoms with Crippen molar-refractivity contribution in [3.05, 3.63) is 35.4 Å². The zero-order chi connectivity index (χ0) is 12.8. The highest BCUT2D eigenvalue weighted by Crippen LogP contribution is 2.15. The second-order valence-electron chi connectivity index (χ2n) is 4.71. The molecule has 1 unspecified atom stereocenters. The lowest BCUT2D eigenvalue weighted by molar-refractivity contribution is 0.0341. The molecule has 2 rings (SSSR count). The van der Waals surface area contributed by atoms with E-state index < -0.39 is 6.10 Å². The van der Waals surface area contributed by atoms with Crippen LogP contribution < -0.4 is 5.32 Å². The topological polar surface area (TPSA) is 44.7 Å². The summed E-state index contributed by atoms with van der Waals surface area (Å²) in [4.78, 5) is 2.38. The van der Waals surface area contributed by atoms with Crippen LogP contribution in [0.25, 0.3) is 0 Å². The smallest absolute Gasteiger partial charge is 0.0914 e. The molecule has 0 amide bonds. The molecule has 0 bridgehead atoms. The molecule has 18 heavy (non-hydrogen) atoms. The summed E-state index contributed by atoms with van der Waals surface area (Å²) < 4.78 is 5.34. The Kier molecular flexibility index (Phi) is 5.13. The molecular weight excluding hydrogens is 228 g/mol. The van der Waals surface area contributed by atoms with Gasteiger partial charge in [0.1, 0.15) is 0 Å². The number of hydrogen-bond acceptors (Lipinski definition) is 4. The van der Waals surface area contributed by atoms with Crippen molar-refractivity contribution in [2.75, 3.05) is 39.9 Å². The third-order valence-corrected chi connectivity index (χ3v) is 3.24. The number of likely N-dealkylation sites (N-methyl/N-ethyl adjacent to an activating group) is 1. The van der Waals surface area contributed by atoms with Crippen LogP contribution in [0.2, 0.25) is 0 Å². The van der Waals surface area contributed by atoms with Crippen molar-refractivity contribution in [3.8, 4) is 0 Å². The van der Waals surface area contributed by atoms with Gasteiger partial charge in [-0.15, -0.1) is 0 Å². The van der Waals surface area contributed by atoms with E-state index in [0.717, 1.165) is 38.4 Å². The molecule has 0 saturated carbocycles. The number of benzene rings is 1. The Morgan fingerprint density at radius 2 is 2.17 bits per heavy atom. The SMILES string of the molecule is CNCC(O)c1cccc(CN2CCOCC2)c1. The van der Waals surface area contributed by atoms with E-state index in [2.05, 4.69) is 22.3 Å². The number of aliphatic hydroxyl groups is 1. The molecule has 0 radical (unpaired) electrons. The van der Waals surface area contributed by atoms with Crippen molar-refractivity contribution in [2.45, 2.75) is 12.6 Å². The summed E-state index contributed by atoms with van der Waals surface area (Å²) in [7, 11) is 1.85. The second kappa shape index (κ2) is 6.85. The van der Waals surface area contributed by atoms with E-state index in [1.165, 1.54) is 5.56 Å². The van der Waals surface area contributed by atoms with E-state index >= 15 is 0 Å². The van der Waals surface area contributed by atoms with E-state index in [-0.39, 0.29) is 0 Å². The van der Waals surface area contributed by atoms with E-state index in [0.29, 0.717) is 6.54 Å². The lowest BCUT2D eigenvalue weighted by Gasteiger charge is -2.26. The van der Waals surface area contributed by atoms with Gasteiger partial charge in [-0.25, -0.2) is 0 Å². The van der Waals surface area contributed by atoms with Gasteiger partial charge in [0, 0.05) is 26.2 Å². The fourth-order valence-corrected chi connectivity index (χ4v) is 2.23. The van der Waals surface area contributed by atoms with Crippen molar-refractivity contribution in [1.29, 1.82) is 0 Å². The Hall–Kier alpha value is -0.940. The largest absolute Gasteiger partial charge is 0.387 e. The number of morpholine rings is 1. The number of ether oxygens (including phenoxy) is 1. The van der Waals surface area contributed by atoms with E-state index in [4.69, 9.17) is 4.74 Å². The maximum Gasteiger partial charge on any atom is 0.0914 e. The molecule has 1 aliphatic rings. The van der Waals surface area contributed by atoms with Gasteiger partial charge in [-0.1, -0.05) is 24.3 Å². The quantitative estimate of drug-likeness (QED) is 0.810. The van der Waals surface area contributed by atoms with Crippen LogP contribution in [-0.2, 0) is 11.3 Å². The van der Waals surface area contributed by atoms with E-state index in [9.17, 15) is 5.11 Å². The average molecular weight is 250 g/mol. The highest BCUT2D eigenvalue weighted by Gasteiger charge is 2.12. The minimum atomic E-state index is -0.431. The summed E-state index contributed by atoms with van der Waals surface area (Å²) in [5.41, 5.74) is 2.24. The molecule has 2 N–H and O–H groups in total. The van der Waals surface area contributed by atoms with Crippen LogP contribution in [0.4, 0.5) is 0 Å². The van der Waals surface area contributed by atoms with Crippen molar-refractivity contribution >= 4 is 0 Å². The molecule has 0 aromatic heterocycles. The normalized spacial score (nSPS) is 18.8. The first-order valence-electron chi connectivity index (χ1n) is 6.51. The number of nitrogens with zero attached hydrogens (tertiary/aromatic N) is 1.